The summed E-state index contributed by atoms with van der Waals surface area (Å²) in [6.07, 6.45) is 2.30. The Balaban J connectivity index is 1.95. The van der Waals surface area contributed by atoms with Crippen molar-refractivity contribution in [3.63, 3.8) is 0 Å². The second kappa shape index (κ2) is 5.42. The van der Waals surface area contributed by atoms with E-state index in [9.17, 15) is 0 Å². The number of hydrogen-bond donors (Lipinski definition) is 1. The van der Waals surface area contributed by atoms with E-state index in [2.05, 4.69) is 10.2 Å². The maximum Gasteiger partial charge on any atom is 0.233 e. The molecule has 2 heterocycles. The van der Waals surface area contributed by atoms with Crippen molar-refractivity contribution >= 4 is 0 Å². The number of aliphatic hydroxyl groups excluding tert-OH is 1. The summed E-state index contributed by atoms with van der Waals surface area (Å²) in [4.78, 5) is 0. The van der Waals surface area contributed by atoms with Crippen molar-refractivity contribution in [2.24, 2.45) is 0 Å². The minimum Gasteiger partial charge on any atom is -0.473 e. The first kappa shape index (κ1) is 12.3. The number of nitrogens with zero attached hydrogens (tertiary/aromatic N) is 2. The van der Waals surface area contributed by atoms with Crippen molar-refractivity contribution < 1.29 is 14.6 Å². The van der Waals surface area contributed by atoms with E-state index in [1.165, 1.54) is 0 Å². The molecule has 1 aromatic heterocycles. The lowest BCUT2D eigenvalue weighted by atomic mass is 10.0. The van der Waals surface area contributed by atoms with Crippen molar-refractivity contribution in [3.05, 3.63) is 17.8 Å². The van der Waals surface area contributed by atoms with Crippen LogP contribution in [-0.4, -0.2) is 33.6 Å². The van der Waals surface area contributed by atoms with Crippen molar-refractivity contribution in [2.75, 3.05) is 0 Å². The van der Waals surface area contributed by atoms with Crippen LogP contribution in [-0.2, 0) is 11.3 Å². The van der Waals surface area contributed by atoms with Crippen LogP contribution >= 0.6 is 0 Å². The topological polar surface area (TPSA) is 64.5 Å². The van der Waals surface area contributed by atoms with E-state index in [4.69, 9.17) is 14.6 Å². The van der Waals surface area contributed by atoms with Crippen LogP contribution < -0.4 is 4.74 Å². The Hall–Kier alpha value is -1.20. The zero-order valence-corrected chi connectivity index (χ0v) is 10.2. The summed E-state index contributed by atoms with van der Waals surface area (Å²) in [5, 5.41) is 16.6. The van der Waals surface area contributed by atoms with Gasteiger partial charge in [0.15, 0.2) is 0 Å². The van der Waals surface area contributed by atoms with Gasteiger partial charge in [0.05, 0.1) is 24.5 Å². The molecule has 0 saturated carbocycles. The Morgan fingerprint density at radius 3 is 2.53 bits per heavy atom. The highest BCUT2D eigenvalue weighted by Crippen LogP contribution is 2.22. The molecule has 1 saturated heterocycles. The molecule has 5 nitrogen and oxygen atoms in total. The van der Waals surface area contributed by atoms with Crippen molar-refractivity contribution in [2.45, 2.75) is 51.6 Å². The first-order valence-electron chi connectivity index (χ1n) is 5.93. The van der Waals surface area contributed by atoms with E-state index in [0.29, 0.717) is 11.6 Å². The van der Waals surface area contributed by atoms with Gasteiger partial charge in [0.1, 0.15) is 6.10 Å². The zero-order chi connectivity index (χ0) is 12.3. The highest BCUT2D eigenvalue weighted by Gasteiger charge is 2.26. The average molecular weight is 238 g/mol. The Kier molecular flexibility index (Phi) is 3.91. The van der Waals surface area contributed by atoms with E-state index in [-0.39, 0.29) is 24.9 Å². The zero-order valence-electron chi connectivity index (χ0n) is 10.2. The van der Waals surface area contributed by atoms with E-state index in [1.54, 1.807) is 12.1 Å². The molecule has 1 fully saturated rings. The third kappa shape index (κ3) is 3.38. The summed E-state index contributed by atoms with van der Waals surface area (Å²) in [6, 6.07) is 3.46. The van der Waals surface area contributed by atoms with Crippen LogP contribution in [0, 0.1) is 0 Å². The lowest BCUT2D eigenvalue weighted by Gasteiger charge is -2.31. The molecule has 94 valence electrons. The molecule has 5 heteroatoms. The fourth-order valence-corrected chi connectivity index (χ4v) is 2.11. The normalized spacial score (nSPS) is 29.0. The van der Waals surface area contributed by atoms with Crippen LogP contribution in [0.15, 0.2) is 12.1 Å². The molecule has 17 heavy (non-hydrogen) atoms. The molecule has 2 atom stereocenters. The van der Waals surface area contributed by atoms with Gasteiger partial charge in [-0.2, -0.15) is 0 Å². The Morgan fingerprint density at radius 2 is 2.00 bits per heavy atom. The van der Waals surface area contributed by atoms with Gasteiger partial charge >= 0.3 is 0 Å². The maximum absolute atomic E-state index is 8.86. The van der Waals surface area contributed by atoms with Gasteiger partial charge in [-0.3, -0.25) is 0 Å². The third-order valence-electron chi connectivity index (χ3n) is 2.80. The van der Waals surface area contributed by atoms with E-state index in [0.717, 1.165) is 12.8 Å². The van der Waals surface area contributed by atoms with Crippen molar-refractivity contribution in [1.29, 1.82) is 0 Å². The summed E-state index contributed by atoms with van der Waals surface area (Å²) >= 11 is 0. The SMILES string of the molecule is CC1CC(Oc2ccc(CO)nn2)CC(C)O1. The molecule has 1 N–H and O–H groups in total. The van der Waals surface area contributed by atoms with Crippen LogP contribution in [0.5, 0.6) is 5.88 Å². The largest absolute Gasteiger partial charge is 0.473 e. The van der Waals surface area contributed by atoms with Crippen LogP contribution in [0.25, 0.3) is 0 Å². The van der Waals surface area contributed by atoms with Crippen LogP contribution in [0.4, 0.5) is 0 Å². The molecule has 2 unspecified atom stereocenters. The number of aliphatic hydroxyl groups is 1. The van der Waals surface area contributed by atoms with E-state index in [1.807, 2.05) is 13.8 Å². The first-order valence-corrected chi connectivity index (χ1v) is 5.93. The number of rotatable bonds is 3. The summed E-state index contributed by atoms with van der Waals surface area (Å²) < 4.78 is 11.4. The van der Waals surface area contributed by atoms with Gasteiger partial charge < -0.3 is 14.6 Å². The molecule has 0 aliphatic carbocycles. The predicted molar refractivity (Wildman–Crippen MR) is 61.6 cm³/mol. The highest BCUT2D eigenvalue weighted by molar-refractivity contribution is 5.11. The minimum atomic E-state index is -0.0986. The predicted octanol–water partition coefficient (Wildman–Crippen LogP) is 1.30. The smallest absolute Gasteiger partial charge is 0.233 e. The van der Waals surface area contributed by atoms with Gasteiger partial charge in [0, 0.05) is 18.9 Å². The second-order valence-electron chi connectivity index (χ2n) is 4.49. The van der Waals surface area contributed by atoms with E-state index >= 15 is 0 Å². The Morgan fingerprint density at radius 1 is 1.29 bits per heavy atom. The quantitative estimate of drug-likeness (QED) is 0.860. The molecular weight excluding hydrogens is 220 g/mol. The van der Waals surface area contributed by atoms with Gasteiger partial charge in [0.2, 0.25) is 5.88 Å². The van der Waals surface area contributed by atoms with Crippen LogP contribution in [0.2, 0.25) is 0 Å². The number of ether oxygens (including phenoxy) is 2. The number of hydrogen-bond acceptors (Lipinski definition) is 5. The van der Waals surface area contributed by atoms with Gasteiger partial charge in [-0.05, 0) is 19.9 Å². The molecule has 1 aliphatic rings. The Labute approximate surface area is 101 Å². The van der Waals surface area contributed by atoms with Gasteiger partial charge in [-0.1, -0.05) is 0 Å². The lowest BCUT2D eigenvalue weighted by molar-refractivity contribution is -0.0731. The maximum atomic E-state index is 8.86. The molecule has 0 bridgehead atoms. The summed E-state index contributed by atoms with van der Waals surface area (Å²) in [6.45, 7) is 4.00. The first-order chi connectivity index (χ1) is 8.17. The summed E-state index contributed by atoms with van der Waals surface area (Å²) in [5.41, 5.74) is 0.547. The van der Waals surface area contributed by atoms with Crippen molar-refractivity contribution in [1.82, 2.24) is 10.2 Å². The molecule has 0 spiro atoms. The molecule has 1 aromatic rings. The minimum absolute atomic E-state index is 0.0986. The number of aromatic nitrogens is 2. The molecule has 1 aliphatic heterocycles. The fraction of sp³-hybridized carbons (Fsp3) is 0.667. The molecule has 0 aromatic carbocycles. The van der Waals surface area contributed by atoms with Crippen LogP contribution in [0.3, 0.4) is 0 Å². The average Bonchev–Trinajstić information content (AvgIpc) is 2.28. The lowest BCUT2D eigenvalue weighted by Crippen LogP contribution is -2.35. The van der Waals surface area contributed by atoms with Gasteiger partial charge in [0.25, 0.3) is 0 Å². The Bertz CT molecular complexity index is 345. The monoisotopic (exact) mass is 238 g/mol. The molecule has 0 radical (unpaired) electrons. The van der Waals surface area contributed by atoms with Gasteiger partial charge in [-0.25, -0.2) is 0 Å². The highest BCUT2D eigenvalue weighted by atomic mass is 16.5. The standard InChI is InChI=1S/C12H18N2O3/c1-8-5-11(6-9(2)16-8)17-12-4-3-10(7-15)13-14-12/h3-4,8-9,11,15H,5-7H2,1-2H3. The summed E-state index contributed by atoms with van der Waals surface area (Å²) in [7, 11) is 0. The molecule has 0 amide bonds. The second-order valence-corrected chi connectivity index (χ2v) is 4.49. The fourth-order valence-electron chi connectivity index (χ4n) is 2.11. The van der Waals surface area contributed by atoms with Crippen molar-refractivity contribution in [3.8, 4) is 5.88 Å². The third-order valence-corrected chi connectivity index (χ3v) is 2.80. The van der Waals surface area contributed by atoms with Crippen LogP contribution in [0.1, 0.15) is 32.4 Å². The summed E-state index contributed by atoms with van der Waals surface area (Å²) in [5.74, 6) is 0.508. The molecular formula is C12H18N2O3. The van der Waals surface area contributed by atoms with E-state index < -0.39 is 0 Å². The van der Waals surface area contributed by atoms with Gasteiger partial charge in [-0.15, -0.1) is 10.2 Å². The molecule has 2 rings (SSSR count).